The van der Waals surface area contributed by atoms with Gasteiger partial charge in [-0.1, -0.05) is 12.1 Å². The van der Waals surface area contributed by atoms with E-state index in [9.17, 15) is 0 Å². The molecule has 0 spiro atoms. The third kappa shape index (κ3) is 2.28. The lowest BCUT2D eigenvalue weighted by molar-refractivity contribution is 0.149. The highest BCUT2D eigenvalue weighted by molar-refractivity contribution is 5.82. The second kappa shape index (κ2) is 4.90. The van der Waals surface area contributed by atoms with Crippen molar-refractivity contribution >= 4 is 10.9 Å². The van der Waals surface area contributed by atoms with E-state index in [1.54, 1.807) is 6.08 Å². The predicted molar refractivity (Wildman–Crippen MR) is 66.3 cm³/mol. The van der Waals surface area contributed by atoms with Crippen molar-refractivity contribution in [2.75, 3.05) is 6.61 Å². The van der Waals surface area contributed by atoms with Crippen molar-refractivity contribution in [3.63, 3.8) is 0 Å². The van der Waals surface area contributed by atoms with E-state index in [0.717, 1.165) is 5.52 Å². The van der Waals surface area contributed by atoms with Crippen LogP contribution in [0.15, 0.2) is 43.1 Å². The van der Waals surface area contributed by atoms with Crippen LogP contribution in [0.4, 0.5) is 0 Å². The summed E-state index contributed by atoms with van der Waals surface area (Å²) in [6.45, 7) is 6.93. The van der Waals surface area contributed by atoms with Gasteiger partial charge in [0, 0.05) is 11.6 Å². The zero-order valence-corrected chi connectivity index (χ0v) is 9.44. The first-order chi connectivity index (χ1) is 7.81. The average molecular weight is 213 g/mol. The molecule has 0 saturated carbocycles. The van der Waals surface area contributed by atoms with Crippen LogP contribution in [0.3, 0.4) is 0 Å². The molecular formula is C14H15NO. The van der Waals surface area contributed by atoms with Gasteiger partial charge >= 0.3 is 0 Å². The summed E-state index contributed by atoms with van der Waals surface area (Å²) < 4.78 is 5.42. The smallest absolute Gasteiger partial charge is 0.0721 e. The van der Waals surface area contributed by atoms with E-state index in [1.165, 1.54) is 16.5 Å². The first kappa shape index (κ1) is 10.8. The van der Waals surface area contributed by atoms with Crippen molar-refractivity contribution in [1.82, 2.24) is 4.98 Å². The molecule has 1 heterocycles. The number of ether oxygens (including phenoxy) is 1. The van der Waals surface area contributed by atoms with Gasteiger partial charge in [0.1, 0.15) is 0 Å². The minimum Gasteiger partial charge on any atom is -0.373 e. The highest BCUT2D eigenvalue weighted by Crippen LogP contribution is 2.18. The van der Waals surface area contributed by atoms with Crippen LogP contribution >= 0.6 is 0 Å². The van der Waals surface area contributed by atoms with Gasteiger partial charge in [-0.2, -0.15) is 0 Å². The van der Waals surface area contributed by atoms with Gasteiger partial charge in [0.2, 0.25) is 0 Å². The molecule has 0 aliphatic rings. The standard InChI is InChI=1S/C14H15NO/c1-3-8-16-10-12-4-5-14-13(9-12)11(2)6-7-15-14/h3-7,9H,1,8,10H2,2H3. The Hall–Kier alpha value is -1.67. The molecule has 0 aliphatic carbocycles. The lowest BCUT2D eigenvalue weighted by Gasteiger charge is -2.05. The molecule has 0 N–H and O–H groups in total. The summed E-state index contributed by atoms with van der Waals surface area (Å²) in [5, 5.41) is 1.20. The van der Waals surface area contributed by atoms with Gasteiger partial charge in [-0.15, -0.1) is 6.58 Å². The summed E-state index contributed by atoms with van der Waals surface area (Å²) in [5.41, 5.74) is 3.45. The van der Waals surface area contributed by atoms with Crippen molar-refractivity contribution in [1.29, 1.82) is 0 Å². The minimum absolute atomic E-state index is 0.587. The first-order valence-corrected chi connectivity index (χ1v) is 5.34. The molecule has 0 fully saturated rings. The Morgan fingerprint density at radius 1 is 1.38 bits per heavy atom. The van der Waals surface area contributed by atoms with Crippen LogP contribution < -0.4 is 0 Å². The molecule has 0 unspecified atom stereocenters. The Morgan fingerprint density at radius 2 is 2.25 bits per heavy atom. The second-order valence-corrected chi connectivity index (χ2v) is 3.78. The largest absolute Gasteiger partial charge is 0.373 e. The molecule has 0 atom stereocenters. The average Bonchev–Trinajstić information content (AvgIpc) is 2.30. The van der Waals surface area contributed by atoms with Crippen molar-refractivity contribution in [3.8, 4) is 0 Å². The number of benzene rings is 1. The molecule has 0 aliphatic heterocycles. The fourth-order valence-electron chi connectivity index (χ4n) is 1.68. The van der Waals surface area contributed by atoms with Crippen molar-refractivity contribution < 1.29 is 4.74 Å². The molecule has 1 aromatic carbocycles. The molecule has 0 bridgehead atoms. The summed E-state index contributed by atoms with van der Waals surface area (Å²) in [7, 11) is 0. The zero-order valence-electron chi connectivity index (χ0n) is 9.44. The van der Waals surface area contributed by atoms with Crippen LogP contribution in [0.2, 0.25) is 0 Å². The summed E-state index contributed by atoms with van der Waals surface area (Å²) >= 11 is 0. The predicted octanol–water partition coefficient (Wildman–Crippen LogP) is 3.25. The monoisotopic (exact) mass is 213 g/mol. The number of pyridine rings is 1. The number of nitrogens with zero attached hydrogens (tertiary/aromatic N) is 1. The van der Waals surface area contributed by atoms with Gasteiger partial charge in [0.05, 0.1) is 18.7 Å². The molecule has 2 aromatic rings. The molecule has 1 aromatic heterocycles. The number of hydrogen-bond acceptors (Lipinski definition) is 2. The van der Waals surface area contributed by atoms with E-state index >= 15 is 0 Å². The quantitative estimate of drug-likeness (QED) is 0.574. The fourth-order valence-corrected chi connectivity index (χ4v) is 1.68. The fraction of sp³-hybridized carbons (Fsp3) is 0.214. The van der Waals surface area contributed by atoms with Crippen LogP contribution in [-0.2, 0) is 11.3 Å². The van der Waals surface area contributed by atoms with E-state index in [4.69, 9.17) is 4.74 Å². The van der Waals surface area contributed by atoms with Gasteiger partial charge in [-0.3, -0.25) is 4.98 Å². The Morgan fingerprint density at radius 3 is 3.06 bits per heavy atom. The number of aromatic nitrogens is 1. The molecule has 2 heteroatoms. The molecule has 0 saturated heterocycles. The molecule has 0 amide bonds. The third-order valence-electron chi connectivity index (χ3n) is 2.53. The topological polar surface area (TPSA) is 22.1 Å². The van der Waals surface area contributed by atoms with Gasteiger partial charge in [0.15, 0.2) is 0 Å². The lowest BCUT2D eigenvalue weighted by atomic mass is 10.1. The van der Waals surface area contributed by atoms with E-state index in [-0.39, 0.29) is 0 Å². The maximum Gasteiger partial charge on any atom is 0.0721 e. The number of aryl methyl sites for hydroxylation is 1. The van der Waals surface area contributed by atoms with Crippen molar-refractivity contribution in [2.45, 2.75) is 13.5 Å². The number of fused-ring (bicyclic) bond motifs is 1. The van der Waals surface area contributed by atoms with E-state index < -0.39 is 0 Å². The second-order valence-electron chi connectivity index (χ2n) is 3.78. The van der Waals surface area contributed by atoms with Crippen LogP contribution in [0.5, 0.6) is 0 Å². The van der Waals surface area contributed by atoms with E-state index in [1.807, 2.05) is 18.3 Å². The Labute approximate surface area is 95.6 Å². The van der Waals surface area contributed by atoms with E-state index in [0.29, 0.717) is 13.2 Å². The lowest BCUT2D eigenvalue weighted by Crippen LogP contribution is -1.93. The minimum atomic E-state index is 0.587. The molecule has 16 heavy (non-hydrogen) atoms. The molecule has 2 rings (SSSR count). The van der Waals surface area contributed by atoms with Crippen LogP contribution in [-0.4, -0.2) is 11.6 Å². The molecular weight excluding hydrogens is 198 g/mol. The Bertz CT molecular complexity index is 505. The maximum absolute atomic E-state index is 5.42. The molecule has 2 nitrogen and oxygen atoms in total. The maximum atomic E-state index is 5.42. The first-order valence-electron chi connectivity index (χ1n) is 5.34. The van der Waals surface area contributed by atoms with Crippen molar-refractivity contribution in [3.05, 3.63) is 54.2 Å². The van der Waals surface area contributed by atoms with E-state index in [2.05, 4.69) is 30.6 Å². The highest BCUT2D eigenvalue weighted by Gasteiger charge is 2.00. The summed E-state index contributed by atoms with van der Waals surface area (Å²) in [5.74, 6) is 0. The number of rotatable bonds is 4. The van der Waals surface area contributed by atoms with Crippen LogP contribution in [0.1, 0.15) is 11.1 Å². The van der Waals surface area contributed by atoms with Crippen LogP contribution in [0.25, 0.3) is 10.9 Å². The third-order valence-corrected chi connectivity index (χ3v) is 2.53. The summed E-state index contributed by atoms with van der Waals surface area (Å²) in [6.07, 6.45) is 3.60. The highest BCUT2D eigenvalue weighted by atomic mass is 16.5. The molecule has 82 valence electrons. The van der Waals surface area contributed by atoms with Gasteiger partial charge in [-0.05, 0) is 36.2 Å². The Kier molecular flexibility index (Phi) is 3.32. The molecule has 0 radical (unpaired) electrons. The zero-order chi connectivity index (χ0) is 11.4. The van der Waals surface area contributed by atoms with Gasteiger partial charge < -0.3 is 4.74 Å². The summed E-state index contributed by atoms with van der Waals surface area (Å²) in [6, 6.07) is 8.25. The van der Waals surface area contributed by atoms with Gasteiger partial charge in [-0.25, -0.2) is 0 Å². The Balaban J connectivity index is 2.28. The SMILES string of the molecule is C=CCOCc1ccc2nccc(C)c2c1. The summed E-state index contributed by atoms with van der Waals surface area (Å²) in [4.78, 5) is 4.32. The van der Waals surface area contributed by atoms with Crippen LogP contribution in [0, 0.1) is 6.92 Å². The number of hydrogen-bond donors (Lipinski definition) is 0. The van der Waals surface area contributed by atoms with Crippen molar-refractivity contribution in [2.24, 2.45) is 0 Å². The van der Waals surface area contributed by atoms with Gasteiger partial charge in [0.25, 0.3) is 0 Å². The normalized spacial score (nSPS) is 10.6.